The Kier molecular flexibility index (Phi) is 3.70. The van der Waals surface area contributed by atoms with Crippen LogP contribution in [0, 0.1) is 0 Å². The molecule has 0 radical (unpaired) electrons. The second-order valence-corrected chi connectivity index (χ2v) is 3.65. The first kappa shape index (κ1) is 11.3. The van der Waals surface area contributed by atoms with Crippen molar-refractivity contribution in [2.75, 3.05) is 6.54 Å². The molecule has 0 aliphatic carbocycles. The first-order valence-corrected chi connectivity index (χ1v) is 4.61. The summed E-state index contributed by atoms with van der Waals surface area (Å²) in [5.74, 6) is 0. The van der Waals surface area contributed by atoms with Crippen molar-refractivity contribution in [2.24, 2.45) is 5.73 Å². The highest BCUT2D eigenvalue weighted by molar-refractivity contribution is 8.00. The maximum Gasteiger partial charge on any atom is 0.402 e. The highest BCUT2D eigenvalue weighted by atomic mass is 32.2. The molecule has 1 heterocycles. The van der Waals surface area contributed by atoms with E-state index in [0.717, 1.165) is 0 Å². The largest absolute Gasteiger partial charge is 0.402 e. The minimum absolute atomic E-state index is 0.222. The molecule has 14 heavy (non-hydrogen) atoms. The van der Waals surface area contributed by atoms with Crippen LogP contribution in [0.4, 0.5) is 13.2 Å². The molecule has 1 atom stereocenters. The lowest BCUT2D eigenvalue weighted by atomic mass is 10.4. The Morgan fingerprint density at radius 2 is 2.14 bits per heavy atom. The Balaban J connectivity index is 2.67. The third-order valence-corrected chi connectivity index (χ3v) is 2.58. The molecule has 2 N–H and O–H groups in total. The Labute approximate surface area is 82.9 Å². The summed E-state index contributed by atoms with van der Waals surface area (Å²) in [6, 6.07) is 0. The van der Waals surface area contributed by atoms with E-state index in [0.29, 0.717) is 11.8 Å². The smallest absolute Gasteiger partial charge is 0.329 e. The van der Waals surface area contributed by atoms with Gasteiger partial charge in [-0.2, -0.15) is 13.2 Å². The second kappa shape index (κ2) is 4.61. The molecule has 0 spiro atoms. The van der Waals surface area contributed by atoms with Crippen molar-refractivity contribution in [3.63, 3.8) is 0 Å². The van der Waals surface area contributed by atoms with Crippen LogP contribution in [0.2, 0.25) is 0 Å². The molecular weight excluding hydrogens is 215 g/mol. The SMILES string of the molecule is NCC(Sc1cnccn1)C(F)(F)F. The van der Waals surface area contributed by atoms with Crippen LogP contribution >= 0.6 is 11.8 Å². The van der Waals surface area contributed by atoms with Gasteiger partial charge in [0.2, 0.25) is 0 Å². The van der Waals surface area contributed by atoms with Gasteiger partial charge in [-0.3, -0.25) is 4.98 Å². The van der Waals surface area contributed by atoms with Gasteiger partial charge in [-0.05, 0) is 0 Å². The topological polar surface area (TPSA) is 51.8 Å². The van der Waals surface area contributed by atoms with Gasteiger partial charge in [0.15, 0.2) is 0 Å². The average molecular weight is 223 g/mol. The third kappa shape index (κ3) is 3.15. The van der Waals surface area contributed by atoms with E-state index in [1.54, 1.807) is 0 Å². The summed E-state index contributed by atoms with van der Waals surface area (Å²) in [5, 5.41) is -1.40. The first-order chi connectivity index (χ1) is 6.54. The van der Waals surface area contributed by atoms with Gasteiger partial charge in [0.25, 0.3) is 0 Å². The maximum absolute atomic E-state index is 12.3. The number of aromatic nitrogens is 2. The fourth-order valence-electron chi connectivity index (χ4n) is 0.741. The van der Waals surface area contributed by atoms with E-state index in [-0.39, 0.29) is 5.03 Å². The van der Waals surface area contributed by atoms with Crippen LogP contribution in [0.15, 0.2) is 23.6 Å². The summed E-state index contributed by atoms with van der Waals surface area (Å²) in [6.07, 6.45) is -0.294. The van der Waals surface area contributed by atoms with Crippen molar-refractivity contribution in [3.05, 3.63) is 18.6 Å². The molecule has 78 valence electrons. The number of alkyl halides is 3. The van der Waals surface area contributed by atoms with Gasteiger partial charge in [0.1, 0.15) is 10.3 Å². The zero-order valence-electron chi connectivity index (χ0n) is 7.03. The number of hydrogen-bond donors (Lipinski definition) is 1. The molecule has 0 saturated carbocycles. The monoisotopic (exact) mass is 223 g/mol. The predicted octanol–water partition coefficient (Wildman–Crippen LogP) is 1.46. The van der Waals surface area contributed by atoms with Crippen LogP contribution in [0.25, 0.3) is 0 Å². The number of thioether (sulfide) groups is 1. The van der Waals surface area contributed by atoms with Crippen molar-refractivity contribution in [1.82, 2.24) is 9.97 Å². The number of hydrogen-bond acceptors (Lipinski definition) is 4. The molecule has 0 fully saturated rings. The normalized spacial score (nSPS) is 14.0. The Morgan fingerprint density at radius 3 is 2.57 bits per heavy atom. The Bertz CT molecular complexity index is 277. The van der Waals surface area contributed by atoms with Crippen LogP contribution < -0.4 is 5.73 Å². The number of nitrogens with two attached hydrogens (primary N) is 1. The molecule has 0 amide bonds. The van der Waals surface area contributed by atoms with Gasteiger partial charge in [0.05, 0.1) is 6.20 Å². The average Bonchev–Trinajstić information content (AvgIpc) is 2.14. The van der Waals surface area contributed by atoms with Gasteiger partial charge in [-0.25, -0.2) is 4.98 Å². The molecule has 0 bridgehead atoms. The molecule has 7 heteroatoms. The lowest BCUT2D eigenvalue weighted by molar-refractivity contribution is -0.126. The zero-order valence-corrected chi connectivity index (χ0v) is 7.85. The summed E-state index contributed by atoms with van der Waals surface area (Å²) in [5.41, 5.74) is 5.02. The zero-order chi connectivity index (χ0) is 10.6. The summed E-state index contributed by atoms with van der Waals surface area (Å²) in [4.78, 5) is 7.39. The first-order valence-electron chi connectivity index (χ1n) is 3.73. The van der Waals surface area contributed by atoms with Crippen molar-refractivity contribution >= 4 is 11.8 Å². The highest BCUT2D eigenvalue weighted by Crippen LogP contribution is 2.32. The Hall–Kier alpha value is -0.820. The van der Waals surface area contributed by atoms with Gasteiger partial charge in [-0.1, -0.05) is 11.8 Å². The third-order valence-electron chi connectivity index (χ3n) is 1.38. The molecule has 0 aliphatic heterocycles. The minimum Gasteiger partial charge on any atom is -0.329 e. The highest BCUT2D eigenvalue weighted by Gasteiger charge is 2.39. The van der Waals surface area contributed by atoms with E-state index in [1.165, 1.54) is 18.6 Å². The van der Waals surface area contributed by atoms with Crippen LogP contribution in [-0.4, -0.2) is 27.9 Å². The van der Waals surface area contributed by atoms with Crippen molar-refractivity contribution in [3.8, 4) is 0 Å². The molecule has 0 aliphatic rings. The summed E-state index contributed by atoms with van der Waals surface area (Å²) in [6.45, 7) is -0.468. The van der Waals surface area contributed by atoms with Crippen LogP contribution in [0.3, 0.4) is 0 Å². The second-order valence-electron chi connectivity index (χ2n) is 2.43. The number of nitrogens with zero attached hydrogens (tertiary/aromatic N) is 2. The van der Waals surface area contributed by atoms with E-state index in [1.807, 2.05) is 0 Å². The standard InChI is InChI=1S/C7H8F3N3S/c8-7(9,10)5(3-11)14-6-4-12-1-2-13-6/h1-2,4-5H,3,11H2. The van der Waals surface area contributed by atoms with E-state index in [2.05, 4.69) is 9.97 Å². The predicted molar refractivity (Wildman–Crippen MR) is 46.8 cm³/mol. The molecule has 0 aromatic carbocycles. The summed E-state index contributed by atoms with van der Waals surface area (Å²) in [7, 11) is 0. The van der Waals surface area contributed by atoms with E-state index >= 15 is 0 Å². The van der Waals surface area contributed by atoms with Crippen molar-refractivity contribution < 1.29 is 13.2 Å². The van der Waals surface area contributed by atoms with E-state index in [9.17, 15) is 13.2 Å². The number of halogens is 3. The van der Waals surface area contributed by atoms with Gasteiger partial charge < -0.3 is 5.73 Å². The molecular formula is C7H8F3N3S. The molecule has 1 unspecified atom stereocenters. The fourth-order valence-corrected chi connectivity index (χ4v) is 1.51. The van der Waals surface area contributed by atoms with Crippen molar-refractivity contribution in [2.45, 2.75) is 16.5 Å². The van der Waals surface area contributed by atoms with Gasteiger partial charge in [0, 0.05) is 18.9 Å². The molecule has 1 aromatic heterocycles. The minimum atomic E-state index is -4.31. The molecule has 3 nitrogen and oxygen atoms in total. The summed E-state index contributed by atoms with van der Waals surface area (Å²) >= 11 is 0.572. The van der Waals surface area contributed by atoms with Gasteiger partial charge >= 0.3 is 6.18 Å². The lowest BCUT2D eigenvalue weighted by Crippen LogP contribution is -2.33. The Morgan fingerprint density at radius 1 is 1.43 bits per heavy atom. The number of rotatable bonds is 3. The summed E-state index contributed by atoms with van der Waals surface area (Å²) < 4.78 is 36.8. The lowest BCUT2D eigenvalue weighted by Gasteiger charge is -2.16. The van der Waals surface area contributed by atoms with Crippen LogP contribution in [0.5, 0.6) is 0 Å². The maximum atomic E-state index is 12.3. The van der Waals surface area contributed by atoms with Crippen molar-refractivity contribution in [1.29, 1.82) is 0 Å². The van der Waals surface area contributed by atoms with E-state index in [4.69, 9.17) is 5.73 Å². The van der Waals surface area contributed by atoms with Crippen LogP contribution in [-0.2, 0) is 0 Å². The fraction of sp³-hybridized carbons (Fsp3) is 0.429. The van der Waals surface area contributed by atoms with Gasteiger partial charge in [-0.15, -0.1) is 0 Å². The van der Waals surface area contributed by atoms with Crippen LogP contribution in [0.1, 0.15) is 0 Å². The molecule has 1 aromatic rings. The molecule has 0 saturated heterocycles. The molecule has 1 rings (SSSR count). The van der Waals surface area contributed by atoms with E-state index < -0.39 is 18.0 Å². The quantitative estimate of drug-likeness (QED) is 0.788.